The van der Waals surface area contributed by atoms with Gasteiger partial charge in [0.05, 0.1) is 10.9 Å². The number of pyridine rings is 2. The van der Waals surface area contributed by atoms with E-state index in [1.807, 2.05) is 28.8 Å². The van der Waals surface area contributed by atoms with Crippen LogP contribution in [0.4, 0.5) is 0 Å². The lowest BCUT2D eigenvalue weighted by molar-refractivity contribution is 0.0704. The summed E-state index contributed by atoms with van der Waals surface area (Å²) in [7, 11) is 0. The molecule has 1 fully saturated rings. The lowest BCUT2D eigenvalue weighted by Gasteiger charge is -2.32. The van der Waals surface area contributed by atoms with Gasteiger partial charge in [0, 0.05) is 37.9 Å². The van der Waals surface area contributed by atoms with Crippen molar-refractivity contribution >= 4 is 22.6 Å². The molecule has 1 atom stereocenters. The predicted molar refractivity (Wildman–Crippen MR) is 113 cm³/mol. The maximum Gasteiger partial charge on any atom is 0.329 e. The van der Waals surface area contributed by atoms with Crippen LogP contribution in [0.3, 0.4) is 0 Å². The standard InChI is InChI=1S/C21H21N7O3/c1-2-27-18-15(19(29)23-21(27)31)10-14(11-22-18)20(30)26-8-5-6-13(12-26)17-25-24-16-7-3-4-9-28(16)17/h3-4,7,9-11,13H,2,5-6,8,12H2,1H3,(H,23,29,31)/t13-/m1/s1. The number of aromatic nitrogens is 6. The molecule has 10 heteroatoms. The highest BCUT2D eigenvalue weighted by atomic mass is 16.2. The predicted octanol–water partition coefficient (Wildman–Crippen LogP) is 1.17. The second-order valence-electron chi connectivity index (χ2n) is 7.68. The summed E-state index contributed by atoms with van der Waals surface area (Å²) in [5, 5.41) is 8.80. The topological polar surface area (TPSA) is 118 Å². The summed E-state index contributed by atoms with van der Waals surface area (Å²) < 4.78 is 3.33. The number of likely N-dealkylation sites (tertiary alicyclic amines) is 1. The van der Waals surface area contributed by atoms with Crippen LogP contribution in [0, 0.1) is 0 Å². The van der Waals surface area contributed by atoms with E-state index in [9.17, 15) is 14.4 Å². The van der Waals surface area contributed by atoms with E-state index in [0.29, 0.717) is 25.2 Å². The number of carbonyl (C=O) groups is 1. The number of piperidine rings is 1. The summed E-state index contributed by atoms with van der Waals surface area (Å²) in [5.74, 6) is 0.715. The van der Waals surface area contributed by atoms with Gasteiger partial charge in [0.25, 0.3) is 11.5 Å². The Morgan fingerprint density at radius 2 is 2.13 bits per heavy atom. The molecule has 0 unspecified atom stereocenters. The molecule has 0 saturated carbocycles. The SMILES string of the molecule is CCn1c(=O)[nH]c(=O)c2cc(C(=O)N3CCC[C@@H](c4nnc5ccccn45)C3)cnc21. The van der Waals surface area contributed by atoms with Crippen LogP contribution in [-0.4, -0.2) is 53.0 Å². The number of aromatic amines is 1. The highest BCUT2D eigenvalue weighted by molar-refractivity contribution is 5.96. The number of carbonyl (C=O) groups excluding carboxylic acids is 1. The Balaban J connectivity index is 1.46. The van der Waals surface area contributed by atoms with Crippen LogP contribution in [-0.2, 0) is 6.54 Å². The molecule has 0 aliphatic carbocycles. The van der Waals surface area contributed by atoms with Gasteiger partial charge in [0.1, 0.15) is 11.5 Å². The zero-order valence-electron chi connectivity index (χ0n) is 17.0. The summed E-state index contributed by atoms with van der Waals surface area (Å²) in [6.45, 7) is 3.29. The number of aryl methyl sites for hydroxylation is 1. The Labute approximate surface area is 176 Å². The van der Waals surface area contributed by atoms with Gasteiger partial charge < -0.3 is 4.90 Å². The maximum atomic E-state index is 13.2. The van der Waals surface area contributed by atoms with Crippen molar-refractivity contribution in [2.45, 2.75) is 32.2 Å². The summed E-state index contributed by atoms with van der Waals surface area (Å²) in [6, 6.07) is 7.26. The first-order chi connectivity index (χ1) is 15.1. The maximum absolute atomic E-state index is 13.2. The number of nitrogens with one attached hydrogen (secondary N) is 1. The van der Waals surface area contributed by atoms with Crippen molar-refractivity contribution in [1.82, 2.24) is 34.0 Å². The minimum Gasteiger partial charge on any atom is -0.338 e. The van der Waals surface area contributed by atoms with Crippen molar-refractivity contribution in [3.63, 3.8) is 0 Å². The van der Waals surface area contributed by atoms with Gasteiger partial charge in [-0.15, -0.1) is 10.2 Å². The third kappa shape index (κ3) is 3.20. The van der Waals surface area contributed by atoms with Crippen LogP contribution in [0.5, 0.6) is 0 Å². The van der Waals surface area contributed by atoms with Crippen molar-refractivity contribution in [2.24, 2.45) is 0 Å². The molecule has 1 aliphatic rings. The fraction of sp³-hybridized carbons (Fsp3) is 0.333. The zero-order valence-corrected chi connectivity index (χ0v) is 17.0. The first kappa shape index (κ1) is 19.2. The second-order valence-corrected chi connectivity index (χ2v) is 7.68. The van der Waals surface area contributed by atoms with Crippen LogP contribution < -0.4 is 11.2 Å². The fourth-order valence-electron chi connectivity index (χ4n) is 4.27. The highest BCUT2D eigenvalue weighted by Crippen LogP contribution is 2.27. The van der Waals surface area contributed by atoms with Gasteiger partial charge in [-0.2, -0.15) is 0 Å². The minimum absolute atomic E-state index is 0.0668. The average molecular weight is 419 g/mol. The molecular weight excluding hydrogens is 398 g/mol. The van der Waals surface area contributed by atoms with Crippen LogP contribution in [0.15, 0.2) is 46.2 Å². The molecule has 4 aromatic rings. The van der Waals surface area contributed by atoms with E-state index >= 15 is 0 Å². The fourth-order valence-corrected chi connectivity index (χ4v) is 4.27. The molecule has 5 rings (SSSR count). The van der Waals surface area contributed by atoms with Gasteiger partial charge in [-0.05, 0) is 38.0 Å². The van der Waals surface area contributed by atoms with E-state index in [4.69, 9.17) is 0 Å². The number of fused-ring (bicyclic) bond motifs is 2. The van der Waals surface area contributed by atoms with Crippen LogP contribution in [0.2, 0.25) is 0 Å². The number of hydrogen-bond acceptors (Lipinski definition) is 6. The molecule has 1 N–H and O–H groups in total. The Bertz CT molecular complexity index is 1420. The molecule has 1 saturated heterocycles. The molecule has 0 spiro atoms. The molecule has 4 aromatic heterocycles. The highest BCUT2D eigenvalue weighted by Gasteiger charge is 2.29. The van der Waals surface area contributed by atoms with E-state index in [1.54, 1.807) is 11.8 Å². The van der Waals surface area contributed by atoms with E-state index in [-0.39, 0.29) is 22.9 Å². The van der Waals surface area contributed by atoms with Crippen molar-refractivity contribution in [3.8, 4) is 0 Å². The quantitative estimate of drug-likeness (QED) is 0.533. The second kappa shape index (κ2) is 7.46. The van der Waals surface area contributed by atoms with E-state index in [1.165, 1.54) is 16.8 Å². The molecule has 5 heterocycles. The summed E-state index contributed by atoms with van der Waals surface area (Å²) in [4.78, 5) is 45.8. The summed E-state index contributed by atoms with van der Waals surface area (Å²) in [5.41, 5.74) is 0.329. The number of H-pyrrole nitrogens is 1. The van der Waals surface area contributed by atoms with Crippen molar-refractivity contribution in [2.75, 3.05) is 13.1 Å². The minimum atomic E-state index is -0.543. The van der Waals surface area contributed by atoms with Gasteiger partial charge in [-0.1, -0.05) is 6.07 Å². The van der Waals surface area contributed by atoms with E-state index in [2.05, 4.69) is 20.2 Å². The van der Waals surface area contributed by atoms with Crippen LogP contribution in [0.25, 0.3) is 16.7 Å². The normalized spacial score (nSPS) is 16.8. The molecular formula is C21H21N7O3. The molecule has 0 aromatic carbocycles. The molecule has 0 bridgehead atoms. The molecule has 31 heavy (non-hydrogen) atoms. The van der Waals surface area contributed by atoms with Gasteiger partial charge in [-0.25, -0.2) is 9.78 Å². The van der Waals surface area contributed by atoms with Gasteiger partial charge >= 0.3 is 5.69 Å². The Kier molecular flexibility index (Phi) is 4.61. The van der Waals surface area contributed by atoms with E-state index in [0.717, 1.165) is 24.3 Å². The molecule has 1 amide bonds. The van der Waals surface area contributed by atoms with Crippen molar-refractivity contribution in [1.29, 1.82) is 0 Å². The lowest BCUT2D eigenvalue weighted by atomic mass is 9.96. The van der Waals surface area contributed by atoms with Gasteiger partial charge in [-0.3, -0.25) is 23.5 Å². The zero-order chi connectivity index (χ0) is 21.5. The molecule has 10 nitrogen and oxygen atoms in total. The van der Waals surface area contributed by atoms with Crippen molar-refractivity contribution in [3.05, 3.63) is 68.9 Å². The van der Waals surface area contributed by atoms with E-state index < -0.39 is 11.2 Å². The summed E-state index contributed by atoms with van der Waals surface area (Å²) in [6.07, 6.45) is 5.12. The lowest BCUT2D eigenvalue weighted by Crippen LogP contribution is -2.39. The molecule has 1 aliphatic heterocycles. The third-order valence-electron chi connectivity index (χ3n) is 5.81. The summed E-state index contributed by atoms with van der Waals surface area (Å²) >= 11 is 0. The monoisotopic (exact) mass is 419 g/mol. The largest absolute Gasteiger partial charge is 0.338 e. The Morgan fingerprint density at radius 3 is 2.97 bits per heavy atom. The van der Waals surface area contributed by atoms with Gasteiger partial charge in [0.2, 0.25) is 0 Å². The Morgan fingerprint density at radius 1 is 1.26 bits per heavy atom. The van der Waals surface area contributed by atoms with Crippen LogP contribution >= 0.6 is 0 Å². The molecule has 0 radical (unpaired) electrons. The number of nitrogens with zero attached hydrogens (tertiary/aromatic N) is 6. The van der Waals surface area contributed by atoms with Gasteiger partial charge in [0.15, 0.2) is 5.65 Å². The van der Waals surface area contributed by atoms with Crippen molar-refractivity contribution < 1.29 is 4.79 Å². The first-order valence-corrected chi connectivity index (χ1v) is 10.3. The Hall–Kier alpha value is -3.82. The third-order valence-corrected chi connectivity index (χ3v) is 5.81. The number of hydrogen-bond donors (Lipinski definition) is 1. The number of rotatable bonds is 3. The molecule has 158 valence electrons. The van der Waals surface area contributed by atoms with Crippen LogP contribution in [0.1, 0.15) is 41.9 Å². The average Bonchev–Trinajstić information content (AvgIpc) is 3.23. The first-order valence-electron chi connectivity index (χ1n) is 10.3. The number of amides is 1. The smallest absolute Gasteiger partial charge is 0.329 e.